The van der Waals surface area contributed by atoms with E-state index < -0.39 is 10.0 Å². The van der Waals surface area contributed by atoms with Crippen molar-refractivity contribution in [2.24, 2.45) is 0 Å². The Morgan fingerprint density at radius 3 is 2.76 bits per heavy atom. The van der Waals surface area contributed by atoms with Gasteiger partial charge in [0.25, 0.3) is 10.0 Å². The molecule has 2 rings (SSSR count). The molecule has 8 heteroatoms. The number of anilines is 1. The van der Waals surface area contributed by atoms with Crippen molar-refractivity contribution in [3.8, 4) is 0 Å². The Bertz CT molecular complexity index is 728. The second-order valence-electron chi connectivity index (χ2n) is 4.49. The Morgan fingerprint density at radius 1 is 1.33 bits per heavy atom. The maximum Gasteiger partial charge on any atom is 0.266 e. The van der Waals surface area contributed by atoms with Crippen molar-refractivity contribution in [2.75, 3.05) is 11.3 Å². The lowest BCUT2D eigenvalue weighted by Gasteiger charge is -2.06. The second kappa shape index (κ2) is 6.59. The monoisotopic (exact) mass is 373 g/mol. The van der Waals surface area contributed by atoms with Crippen LogP contribution in [0.25, 0.3) is 0 Å². The molecule has 0 aromatic carbocycles. The molecular weight excluding hydrogens is 358 g/mol. The fourth-order valence-electron chi connectivity index (χ4n) is 1.74. The number of hydrogen-bond acceptors (Lipinski definition) is 5. The highest BCUT2D eigenvalue weighted by Crippen LogP contribution is 2.27. The molecule has 0 atom stereocenters. The van der Waals surface area contributed by atoms with E-state index in [1.54, 1.807) is 12.3 Å². The summed E-state index contributed by atoms with van der Waals surface area (Å²) in [5.41, 5.74) is 1.28. The molecule has 0 bridgehead atoms. The molecule has 2 heterocycles. The summed E-state index contributed by atoms with van der Waals surface area (Å²) >= 11 is 3.14. The van der Waals surface area contributed by atoms with Crippen molar-refractivity contribution in [2.45, 2.75) is 25.3 Å². The summed E-state index contributed by atoms with van der Waals surface area (Å²) in [7, 11) is -3.72. The summed E-state index contributed by atoms with van der Waals surface area (Å²) < 4.78 is 32.8. The van der Waals surface area contributed by atoms with E-state index in [1.807, 2.05) is 13.8 Å². The molecule has 0 aliphatic rings. The third-order valence-electron chi connectivity index (χ3n) is 2.67. The van der Waals surface area contributed by atoms with Crippen LogP contribution in [0.5, 0.6) is 0 Å². The third-order valence-corrected chi connectivity index (χ3v) is 4.91. The Morgan fingerprint density at radius 2 is 2.10 bits per heavy atom. The lowest BCUT2D eigenvalue weighted by atomic mass is 10.3. The van der Waals surface area contributed by atoms with Crippen LogP contribution in [-0.4, -0.2) is 19.9 Å². The van der Waals surface area contributed by atoms with E-state index in [9.17, 15) is 8.42 Å². The summed E-state index contributed by atoms with van der Waals surface area (Å²) in [6.07, 6.45) is 3.11. The first kappa shape index (κ1) is 16.0. The van der Waals surface area contributed by atoms with E-state index in [-0.39, 0.29) is 9.56 Å². The molecule has 0 amide bonds. The largest absolute Gasteiger partial charge is 0.451 e. The molecule has 2 aromatic heterocycles. The highest BCUT2D eigenvalue weighted by molar-refractivity contribution is 9.10. The average Bonchev–Trinajstić information content (AvgIpc) is 2.78. The van der Waals surface area contributed by atoms with Crippen LogP contribution in [0.3, 0.4) is 0 Å². The first-order chi connectivity index (χ1) is 9.92. The molecule has 6 nitrogen and oxygen atoms in total. The van der Waals surface area contributed by atoms with Crippen LogP contribution < -0.4 is 10.0 Å². The Balaban J connectivity index is 2.25. The first-order valence-electron chi connectivity index (χ1n) is 6.36. The minimum atomic E-state index is -3.72. The predicted octanol–water partition coefficient (Wildman–Crippen LogP) is 2.66. The van der Waals surface area contributed by atoms with Crippen LogP contribution in [0, 0.1) is 6.92 Å². The van der Waals surface area contributed by atoms with Gasteiger partial charge in [0.15, 0.2) is 4.67 Å². The van der Waals surface area contributed by atoms with E-state index in [0.717, 1.165) is 12.1 Å². The van der Waals surface area contributed by atoms with Crippen LogP contribution >= 0.6 is 15.9 Å². The van der Waals surface area contributed by atoms with E-state index >= 15 is 0 Å². The first-order valence-corrected chi connectivity index (χ1v) is 8.63. The minimum absolute atomic E-state index is 0.0666. The number of nitrogens with zero attached hydrogens (tertiary/aromatic N) is 1. The molecule has 2 N–H and O–H groups in total. The van der Waals surface area contributed by atoms with Gasteiger partial charge in [-0.05, 0) is 41.0 Å². The second-order valence-corrected chi connectivity index (χ2v) is 6.86. The van der Waals surface area contributed by atoms with Crippen molar-refractivity contribution in [1.82, 2.24) is 10.3 Å². The Kier molecular flexibility index (Phi) is 5.02. The molecule has 0 spiro atoms. The maximum absolute atomic E-state index is 12.4. The zero-order valence-corrected chi connectivity index (χ0v) is 14.1. The lowest BCUT2D eigenvalue weighted by Crippen LogP contribution is -2.13. The van der Waals surface area contributed by atoms with Gasteiger partial charge in [0.2, 0.25) is 0 Å². The number of nitrogens with one attached hydrogen (secondary N) is 2. The van der Waals surface area contributed by atoms with Crippen LogP contribution in [0.2, 0.25) is 0 Å². The SMILES string of the molecule is CCNCc1cc(S(=O)(=O)Nc2cncc(C)c2)c(Br)o1. The topological polar surface area (TPSA) is 84.2 Å². The van der Waals surface area contributed by atoms with Gasteiger partial charge in [-0.25, -0.2) is 8.42 Å². The Hall–Kier alpha value is -1.38. The van der Waals surface area contributed by atoms with Gasteiger partial charge in [-0.3, -0.25) is 9.71 Å². The summed E-state index contributed by atoms with van der Waals surface area (Å²) in [6, 6.07) is 3.20. The van der Waals surface area contributed by atoms with Gasteiger partial charge >= 0.3 is 0 Å². The number of hydrogen-bond donors (Lipinski definition) is 2. The van der Waals surface area contributed by atoms with Crippen molar-refractivity contribution < 1.29 is 12.8 Å². The molecule has 0 fully saturated rings. The highest BCUT2D eigenvalue weighted by Gasteiger charge is 2.22. The zero-order valence-electron chi connectivity index (χ0n) is 11.7. The van der Waals surface area contributed by atoms with Gasteiger partial charge in [-0.2, -0.15) is 0 Å². The fourth-order valence-corrected chi connectivity index (χ4v) is 3.77. The van der Waals surface area contributed by atoms with Crippen molar-refractivity contribution >= 4 is 31.6 Å². The van der Waals surface area contributed by atoms with Crippen molar-refractivity contribution in [3.05, 3.63) is 40.5 Å². The van der Waals surface area contributed by atoms with Crippen LogP contribution in [0.4, 0.5) is 5.69 Å². The number of aryl methyl sites for hydroxylation is 1. The van der Waals surface area contributed by atoms with Gasteiger partial charge in [0.05, 0.1) is 18.4 Å². The van der Waals surface area contributed by atoms with E-state index in [0.29, 0.717) is 18.0 Å². The maximum atomic E-state index is 12.4. The van der Waals surface area contributed by atoms with Crippen LogP contribution in [0.15, 0.2) is 38.5 Å². The summed E-state index contributed by atoms with van der Waals surface area (Å²) in [5.74, 6) is 0.548. The zero-order chi connectivity index (χ0) is 15.5. The molecule has 0 saturated heterocycles. The molecular formula is C13H16BrN3O3S. The number of halogens is 1. The van der Waals surface area contributed by atoms with Gasteiger partial charge in [0, 0.05) is 12.3 Å². The number of sulfonamides is 1. The van der Waals surface area contributed by atoms with Crippen molar-refractivity contribution in [3.63, 3.8) is 0 Å². The van der Waals surface area contributed by atoms with Crippen LogP contribution in [-0.2, 0) is 16.6 Å². The normalized spacial score (nSPS) is 11.6. The smallest absolute Gasteiger partial charge is 0.266 e. The van der Waals surface area contributed by atoms with E-state index in [1.165, 1.54) is 12.3 Å². The van der Waals surface area contributed by atoms with Gasteiger partial charge in [-0.1, -0.05) is 6.92 Å². The summed E-state index contributed by atoms with van der Waals surface area (Å²) in [6.45, 7) is 5.04. The number of pyridine rings is 1. The Labute approximate surface area is 132 Å². The third kappa shape index (κ3) is 4.05. The van der Waals surface area contributed by atoms with E-state index in [2.05, 4.69) is 31.0 Å². The summed E-state index contributed by atoms with van der Waals surface area (Å²) in [5, 5.41) is 3.07. The number of furan rings is 1. The molecule has 0 aliphatic carbocycles. The summed E-state index contributed by atoms with van der Waals surface area (Å²) in [4.78, 5) is 4.02. The standard InChI is InChI=1S/C13H16BrN3O3S/c1-3-15-8-11-5-12(13(14)20-11)21(18,19)17-10-4-9(2)6-16-7-10/h4-7,15,17H,3,8H2,1-2H3. The molecule has 0 aliphatic heterocycles. The van der Waals surface area contributed by atoms with Gasteiger partial charge < -0.3 is 9.73 Å². The molecule has 2 aromatic rings. The lowest BCUT2D eigenvalue weighted by molar-refractivity contribution is 0.464. The number of rotatable bonds is 6. The van der Waals surface area contributed by atoms with E-state index in [4.69, 9.17) is 4.42 Å². The fraction of sp³-hybridized carbons (Fsp3) is 0.308. The minimum Gasteiger partial charge on any atom is -0.451 e. The van der Waals surface area contributed by atoms with Crippen molar-refractivity contribution in [1.29, 1.82) is 0 Å². The molecule has 0 saturated carbocycles. The molecule has 0 unspecified atom stereocenters. The number of aromatic nitrogens is 1. The average molecular weight is 374 g/mol. The van der Waals surface area contributed by atoms with Crippen LogP contribution in [0.1, 0.15) is 18.2 Å². The molecule has 0 radical (unpaired) electrons. The highest BCUT2D eigenvalue weighted by atomic mass is 79.9. The predicted molar refractivity (Wildman–Crippen MR) is 83.6 cm³/mol. The molecule has 21 heavy (non-hydrogen) atoms. The quantitative estimate of drug-likeness (QED) is 0.812. The van der Waals surface area contributed by atoms with Gasteiger partial charge in [0.1, 0.15) is 10.7 Å². The van der Waals surface area contributed by atoms with Gasteiger partial charge in [-0.15, -0.1) is 0 Å². The molecule has 114 valence electrons.